The second kappa shape index (κ2) is 8.18. The number of rotatable bonds is 5. The molecule has 148 valence electrons. The van der Waals surface area contributed by atoms with Crippen molar-refractivity contribution >= 4 is 45.4 Å². The Bertz CT molecular complexity index is 979. The van der Waals surface area contributed by atoms with Crippen molar-refractivity contribution in [2.45, 2.75) is 31.5 Å². The molecule has 1 aliphatic heterocycles. The molecule has 7 nitrogen and oxygen atoms in total. The monoisotopic (exact) mass is 449 g/mol. The van der Waals surface area contributed by atoms with Crippen molar-refractivity contribution in [2.75, 3.05) is 26.2 Å². The second-order valence-corrected chi connectivity index (χ2v) is 9.77. The zero-order valence-corrected chi connectivity index (χ0v) is 18.2. The molecule has 0 radical (unpaired) electrons. The first kappa shape index (κ1) is 20.8. The van der Waals surface area contributed by atoms with Crippen LogP contribution in [0.3, 0.4) is 0 Å². The van der Waals surface area contributed by atoms with E-state index in [1.165, 1.54) is 22.5 Å². The molecule has 0 spiro atoms. The Morgan fingerprint density at radius 2 is 1.81 bits per heavy atom. The zero-order valence-electron chi connectivity index (χ0n) is 15.0. The summed E-state index contributed by atoms with van der Waals surface area (Å²) in [5, 5.41) is 4.90. The number of nitrogens with zero attached hydrogens (tertiary/aromatic N) is 5. The van der Waals surface area contributed by atoms with Crippen LogP contribution in [-0.4, -0.2) is 58.1 Å². The van der Waals surface area contributed by atoms with Crippen molar-refractivity contribution in [3.8, 4) is 0 Å². The Morgan fingerprint density at radius 3 is 2.37 bits per heavy atom. The van der Waals surface area contributed by atoms with Crippen molar-refractivity contribution in [2.24, 2.45) is 0 Å². The minimum atomic E-state index is -3.60. The molecule has 0 saturated carbocycles. The second-order valence-electron chi connectivity index (χ2n) is 6.65. The Hall–Kier alpha value is -0.970. The normalized spacial score (nSPS) is 16.9. The lowest BCUT2D eigenvalue weighted by Gasteiger charge is -2.33. The number of hydrogen-bond donors (Lipinski definition) is 0. The Balaban J connectivity index is 1.66. The van der Waals surface area contributed by atoms with Crippen molar-refractivity contribution in [3.05, 3.63) is 39.3 Å². The predicted octanol–water partition coefficient (Wildman–Crippen LogP) is 3.27. The van der Waals surface area contributed by atoms with Gasteiger partial charge < -0.3 is 4.57 Å². The molecule has 1 saturated heterocycles. The highest BCUT2D eigenvalue weighted by molar-refractivity contribution is 7.89. The average Bonchev–Trinajstić information content (AvgIpc) is 2.98. The lowest BCUT2D eigenvalue weighted by molar-refractivity contribution is 0.144. The van der Waals surface area contributed by atoms with E-state index < -0.39 is 10.0 Å². The molecule has 27 heavy (non-hydrogen) atoms. The quantitative estimate of drug-likeness (QED) is 0.655. The Labute approximate surface area is 174 Å². The molecule has 2 heterocycles. The molecule has 0 atom stereocenters. The first-order chi connectivity index (χ1) is 12.7. The van der Waals surface area contributed by atoms with E-state index in [9.17, 15) is 8.42 Å². The summed E-state index contributed by atoms with van der Waals surface area (Å²) in [6, 6.07) is 4.62. The van der Waals surface area contributed by atoms with Gasteiger partial charge in [-0.15, -0.1) is 0 Å². The molecule has 2 aromatic rings. The van der Waals surface area contributed by atoms with Gasteiger partial charge in [-0.05, 0) is 44.3 Å². The van der Waals surface area contributed by atoms with Gasteiger partial charge in [-0.25, -0.2) is 13.1 Å². The van der Waals surface area contributed by atoms with E-state index in [1.807, 2.05) is 4.57 Å². The molecule has 1 aromatic heterocycles. The minimum Gasteiger partial charge on any atom is -0.304 e. The van der Waals surface area contributed by atoms with Crippen LogP contribution in [0.25, 0.3) is 0 Å². The number of benzene rings is 1. The van der Waals surface area contributed by atoms with Gasteiger partial charge in [0.15, 0.2) is 4.77 Å². The Morgan fingerprint density at radius 1 is 1.15 bits per heavy atom. The number of sulfonamides is 1. The maximum Gasteiger partial charge on any atom is 0.243 e. The number of hydrogen-bond acceptors (Lipinski definition) is 5. The van der Waals surface area contributed by atoms with Crippen molar-refractivity contribution < 1.29 is 8.42 Å². The SMILES string of the molecule is CC(C)n1cnn(CN2CCN(S(=O)(=O)c3ccc(Cl)c(Cl)c3)CC2)c1=S. The van der Waals surface area contributed by atoms with E-state index in [0.29, 0.717) is 42.6 Å². The van der Waals surface area contributed by atoms with E-state index in [4.69, 9.17) is 35.4 Å². The van der Waals surface area contributed by atoms with Crippen molar-refractivity contribution in [3.63, 3.8) is 0 Å². The van der Waals surface area contributed by atoms with Gasteiger partial charge in [0.1, 0.15) is 6.33 Å². The van der Waals surface area contributed by atoms with E-state index in [-0.39, 0.29) is 16.0 Å². The van der Waals surface area contributed by atoms with Gasteiger partial charge in [-0.2, -0.15) is 9.40 Å². The van der Waals surface area contributed by atoms with Crippen LogP contribution in [0.1, 0.15) is 19.9 Å². The van der Waals surface area contributed by atoms with Gasteiger partial charge in [0.05, 0.1) is 21.6 Å². The van der Waals surface area contributed by atoms with Crippen molar-refractivity contribution in [1.82, 2.24) is 23.6 Å². The summed E-state index contributed by atoms with van der Waals surface area (Å²) in [5.74, 6) is 0. The van der Waals surface area contributed by atoms with Crippen LogP contribution in [0.5, 0.6) is 0 Å². The number of aromatic nitrogens is 3. The maximum atomic E-state index is 12.8. The fraction of sp³-hybridized carbons (Fsp3) is 0.500. The fourth-order valence-corrected chi connectivity index (χ4v) is 5.06. The van der Waals surface area contributed by atoms with Crippen LogP contribution in [-0.2, 0) is 16.7 Å². The molecule has 0 bridgehead atoms. The van der Waals surface area contributed by atoms with Gasteiger partial charge in [0, 0.05) is 32.2 Å². The molecule has 3 rings (SSSR count). The molecule has 11 heteroatoms. The van der Waals surface area contributed by atoms with Gasteiger partial charge in [0.25, 0.3) is 0 Å². The van der Waals surface area contributed by atoms with Crippen LogP contribution < -0.4 is 0 Å². The number of halogens is 2. The summed E-state index contributed by atoms with van der Waals surface area (Å²) in [6.07, 6.45) is 1.73. The van der Waals surface area contributed by atoms with Crippen LogP contribution in [0.15, 0.2) is 29.4 Å². The summed E-state index contributed by atoms with van der Waals surface area (Å²) >= 11 is 17.3. The van der Waals surface area contributed by atoms with Crippen LogP contribution in [0.2, 0.25) is 10.0 Å². The minimum absolute atomic E-state index is 0.156. The molecule has 0 aliphatic carbocycles. The molecule has 1 aliphatic rings. The van der Waals surface area contributed by atoms with E-state index in [2.05, 4.69) is 23.8 Å². The molecular formula is C16H21Cl2N5O2S2. The van der Waals surface area contributed by atoms with Crippen LogP contribution in [0.4, 0.5) is 0 Å². The first-order valence-corrected chi connectivity index (χ1v) is 11.1. The smallest absolute Gasteiger partial charge is 0.243 e. The summed E-state index contributed by atoms with van der Waals surface area (Å²) in [7, 11) is -3.60. The molecule has 0 N–H and O–H groups in total. The predicted molar refractivity (Wildman–Crippen MR) is 108 cm³/mol. The standard InChI is InChI=1S/C16H21Cl2N5O2S2/c1-12(2)22-10-19-23(16(22)26)11-20-5-7-21(8-6-20)27(24,25)13-3-4-14(17)15(18)9-13/h3-4,9-10,12H,5-8,11H2,1-2H3. The molecule has 1 fully saturated rings. The van der Waals surface area contributed by atoms with Gasteiger partial charge in [0.2, 0.25) is 10.0 Å². The van der Waals surface area contributed by atoms with E-state index in [0.717, 1.165) is 0 Å². The fourth-order valence-electron chi connectivity index (χ4n) is 2.89. The van der Waals surface area contributed by atoms with E-state index >= 15 is 0 Å². The largest absolute Gasteiger partial charge is 0.304 e. The highest BCUT2D eigenvalue weighted by Gasteiger charge is 2.29. The summed E-state index contributed by atoms with van der Waals surface area (Å²) < 4.78 is 31.5. The Kier molecular flexibility index (Phi) is 6.29. The molecule has 1 aromatic carbocycles. The third-order valence-corrected chi connectivity index (χ3v) is 7.56. The van der Waals surface area contributed by atoms with Gasteiger partial charge in [-0.3, -0.25) is 4.90 Å². The summed E-state index contributed by atoms with van der Waals surface area (Å²) in [4.78, 5) is 2.29. The first-order valence-electron chi connectivity index (χ1n) is 8.51. The lowest BCUT2D eigenvalue weighted by Crippen LogP contribution is -2.48. The highest BCUT2D eigenvalue weighted by atomic mass is 35.5. The van der Waals surface area contributed by atoms with E-state index in [1.54, 1.807) is 11.0 Å². The number of piperazine rings is 1. The average molecular weight is 450 g/mol. The molecular weight excluding hydrogens is 429 g/mol. The summed E-state index contributed by atoms with van der Waals surface area (Å²) in [5.41, 5.74) is 0. The summed E-state index contributed by atoms with van der Waals surface area (Å²) in [6.45, 7) is 6.61. The van der Waals surface area contributed by atoms with Crippen LogP contribution in [0, 0.1) is 4.77 Å². The lowest BCUT2D eigenvalue weighted by atomic mass is 10.4. The molecule has 0 amide bonds. The topological polar surface area (TPSA) is 63.4 Å². The van der Waals surface area contributed by atoms with Crippen molar-refractivity contribution in [1.29, 1.82) is 0 Å². The maximum absolute atomic E-state index is 12.8. The highest BCUT2D eigenvalue weighted by Crippen LogP contribution is 2.27. The molecule has 0 unspecified atom stereocenters. The zero-order chi connectivity index (χ0) is 19.8. The van der Waals surface area contributed by atoms with Crippen LogP contribution >= 0.6 is 35.4 Å². The van der Waals surface area contributed by atoms with Gasteiger partial charge in [-0.1, -0.05) is 23.2 Å². The third-order valence-electron chi connectivity index (χ3n) is 4.51. The third kappa shape index (κ3) is 4.38. The van der Waals surface area contributed by atoms with Gasteiger partial charge >= 0.3 is 0 Å².